The highest BCUT2D eigenvalue weighted by Crippen LogP contribution is 2.35. The van der Waals surface area contributed by atoms with Crippen LogP contribution in [0.5, 0.6) is 0 Å². The normalized spacial score (nSPS) is 18.5. The van der Waals surface area contributed by atoms with Crippen LogP contribution in [-0.4, -0.2) is 89.8 Å². The van der Waals surface area contributed by atoms with Crippen molar-refractivity contribution in [2.24, 2.45) is 11.8 Å². The molecule has 69 heavy (non-hydrogen) atoms. The summed E-state index contributed by atoms with van der Waals surface area (Å²) < 4.78 is 58.5. The summed E-state index contributed by atoms with van der Waals surface area (Å²) in [4.78, 5) is 60.3. The average Bonchev–Trinajstić information content (AvgIpc) is 3.96. The molecule has 0 spiro atoms. The van der Waals surface area contributed by atoms with Crippen LogP contribution in [0.4, 0.5) is 25.2 Å². The Morgan fingerprint density at radius 3 is 1.94 bits per heavy atom. The van der Waals surface area contributed by atoms with Crippen molar-refractivity contribution < 1.29 is 31.6 Å². The van der Waals surface area contributed by atoms with Gasteiger partial charge in [0.15, 0.2) is 22.8 Å². The summed E-state index contributed by atoms with van der Waals surface area (Å²) in [5.41, 5.74) is 4.10. The maximum absolute atomic E-state index is 16.4. The number of benzene rings is 4. The molecule has 0 bridgehead atoms. The third kappa shape index (κ3) is 9.32. The first-order valence-corrected chi connectivity index (χ1v) is 23.2. The van der Waals surface area contributed by atoms with Crippen molar-refractivity contribution in [3.8, 4) is 22.8 Å². The zero-order valence-corrected chi connectivity index (χ0v) is 38.3. The van der Waals surface area contributed by atoms with Gasteiger partial charge in [0.05, 0.1) is 23.2 Å². The smallest absolute Gasteiger partial charge is 0.295 e. The number of carbonyl (C=O) groups is 2. The Bertz CT molecular complexity index is 3170. The van der Waals surface area contributed by atoms with Crippen LogP contribution in [0.3, 0.4) is 0 Å². The largest absolute Gasteiger partial charge is 0.424 e. The van der Waals surface area contributed by atoms with Crippen LogP contribution in [0, 0.1) is 43.1 Å². The molecule has 0 aliphatic carbocycles. The minimum Gasteiger partial charge on any atom is -0.424 e. The highest BCUT2D eigenvalue weighted by Gasteiger charge is 2.39. The van der Waals surface area contributed by atoms with E-state index < -0.39 is 35.3 Å². The number of amides is 2. The fourth-order valence-corrected chi connectivity index (χ4v) is 9.93. The fraction of sp³-hybridized carbons (Fsp3) is 0.308. The molecule has 14 nitrogen and oxygen atoms in total. The number of aromatic nitrogens is 6. The number of nitrogens with zero attached hydrogens (tertiary/aromatic N) is 8. The molecule has 17 heteroatoms. The summed E-state index contributed by atoms with van der Waals surface area (Å²) in [6, 6.07) is 20.6. The van der Waals surface area contributed by atoms with Crippen LogP contribution < -0.4 is 10.6 Å². The third-order valence-corrected chi connectivity index (χ3v) is 13.3. The number of oxazole rings is 2. The minimum atomic E-state index is -0.696. The van der Waals surface area contributed by atoms with E-state index in [2.05, 4.69) is 42.5 Å². The molecule has 8 aromatic rings. The fourth-order valence-electron chi connectivity index (χ4n) is 9.93. The number of para-hydroxylation sites is 2. The molecule has 2 fully saturated rings. The SMILES string of the molecule is Cc1cc(F)c(C(=O)N2CCC[C@@H](Cc3ccnc(-c4cc(C)cc(F)c4C(=O)N4CCC[C@@H](C)[C@H]4CNc4nc5ccccc5o4)n3)[C@H]2CNc2nc3cc(F)ccc3o2)c(-c2ncccn2)c1. The molecule has 4 aromatic carbocycles. The summed E-state index contributed by atoms with van der Waals surface area (Å²) >= 11 is 0. The van der Waals surface area contributed by atoms with Crippen LogP contribution in [0.25, 0.3) is 45.0 Å². The van der Waals surface area contributed by atoms with E-state index in [4.69, 9.17) is 13.8 Å². The molecule has 0 radical (unpaired) electrons. The van der Waals surface area contributed by atoms with Gasteiger partial charge in [-0.15, -0.1) is 0 Å². The van der Waals surface area contributed by atoms with E-state index >= 15 is 8.78 Å². The van der Waals surface area contributed by atoms with E-state index in [1.165, 1.54) is 42.7 Å². The summed E-state index contributed by atoms with van der Waals surface area (Å²) in [5, 5.41) is 6.52. The van der Waals surface area contributed by atoms with Crippen LogP contribution in [0.1, 0.15) is 70.1 Å². The lowest BCUT2D eigenvalue weighted by atomic mass is 9.84. The van der Waals surface area contributed by atoms with Gasteiger partial charge in [0.1, 0.15) is 28.5 Å². The Kier molecular flexibility index (Phi) is 12.5. The molecule has 2 N–H and O–H groups in total. The number of hydrogen-bond acceptors (Lipinski definition) is 12. The topological polar surface area (TPSA) is 168 Å². The standard InChI is InChI=1S/C52H49F3N10O4/c1-29-21-35(47-56-16-8-17-57-47)45(37(54)23-29)50(67)65-20-7-10-32(42(65)28-60-52-63-40-26-33(53)13-14-44(40)69-52)25-34-15-18-58-48(61-34)36-22-30(2)24-38(55)46(36)49(66)64-19-6-9-31(3)41(64)27-59-51-62-39-11-4-5-12-43(39)68-51/h4-5,8,11-18,21-24,26,31-32,41-42H,6-7,9-10,19-20,25,27-28H2,1-3H3,(H,59,62)(H,60,63)/t31-,32+,41-,42-/m1/s1. The Labute approximate surface area is 395 Å². The predicted molar refractivity (Wildman–Crippen MR) is 254 cm³/mol. The lowest BCUT2D eigenvalue weighted by Gasteiger charge is -2.41. The first-order valence-electron chi connectivity index (χ1n) is 23.2. The summed E-state index contributed by atoms with van der Waals surface area (Å²) in [6.07, 6.45) is 7.89. The average molecular weight is 935 g/mol. The molecule has 4 aromatic heterocycles. The Morgan fingerprint density at radius 2 is 1.25 bits per heavy atom. The molecule has 4 atom stereocenters. The monoisotopic (exact) mass is 934 g/mol. The maximum Gasteiger partial charge on any atom is 0.295 e. The first kappa shape index (κ1) is 45.1. The third-order valence-electron chi connectivity index (χ3n) is 13.3. The summed E-state index contributed by atoms with van der Waals surface area (Å²) in [7, 11) is 0. The van der Waals surface area contributed by atoms with E-state index in [0.717, 1.165) is 12.8 Å². The molecule has 0 unspecified atom stereocenters. The van der Waals surface area contributed by atoms with E-state index in [0.29, 0.717) is 83.9 Å². The highest BCUT2D eigenvalue weighted by molar-refractivity contribution is 6.01. The zero-order valence-electron chi connectivity index (χ0n) is 38.3. The number of likely N-dealkylation sites (tertiary alicyclic amines) is 2. The van der Waals surface area contributed by atoms with Gasteiger partial charge in [-0.25, -0.2) is 33.1 Å². The van der Waals surface area contributed by atoms with Gasteiger partial charge < -0.3 is 29.3 Å². The lowest BCUT2D eigenvalue weighted by Crippen LogP contribution is -2.52. The number of anilines is 2. The predicted octanol–water partition coefficient (Wildman–Crippen LogP) is 9.85. The number of halogens is 3. The van der Waals surface area contributed by atoms with Crippen molar-refractivity contribution in [2.75, 3.05) is 36.8 Å². The lowest BCUT2D eigenvalue weighted by molar-refractivity contribution is 0.0511. The molecular formula is C52H49F3N10O4. The van der Waals surface area contributed by atoms with Gasteiger partial charge in [-0.3, -0.25) is 9.59 Å². The van der Waals surface area contributed by atoms with Crippen LogP contribution in [0.15, 0.2) is 106 Å². The molecule has 10 rings (SSSR count). The van der Waals surface area contributed by atoms with Gasteiger partial charge in [-0.1, -0.05) is 19.1 Å². The number of fused-ring (bicyclic) bond motifs is 2. The van der Waals surface area contributed by atoms with E-state index in [1.54, 1.807) is 54.1 Å². The van der Waals surface area contributed by atoms with Gasteiger partial charge in [0.2, 0.25) is 0 Å². The molecule has 2 amide bonds. The molecule has 2 aliphatic heterocycles. The Morgan fingerprint density at radius 1 is 0.652 bits per heavy atom. The zero-order chi connectivity index (χ0) is 47.8. The summed E-state index contributed by atoms with van der Waals surface area (Å²) in [5.74, 6) is -2.62. The van der Waals surface area contributed by atoms with E-state index in [9.17, 15) is 14.0 Å². The summed E-state index contributed by atoms with van der Waals surface area (Å²) in [6.45, 7) is 6.79. The van der Waals surface area contributed by atoms with Crippen LogP contribution >= 0.6 is 0 Å². The van der Waals surface area contributed by atoms with Crippen molar-refractivity contribution in [1.29, 1.82) is 0 Å². The Hall–Kier alpha value is -7.69. The van der Waals surface area contributed by atoms with E-state index in [-0.39, 0.29) is 64.3 Å². The van der Waals surface area contributed by atoms with Gasteiger partial charge in [-0.05, 0) is 130 Å². The van der Waals surface area contributed by atoms with Crippen molar-refractivity contribution in [3.63, 3.8) is 0 Å². The van der Waals surface area contributed by atoms with Crippen molar-refractivity contribution in [1.82, 2.24) is 39.7 Å². The van der Waals surface area contributed by atoms with Crippen molar-refractivity contribution >= 4 is 46.0 Å². The van der Waals surface area contributed by atoms with Gasteiger partial charge >= 0.3 is 0 Å². The maximum atomic E-state index is 16.4. The molecule has 352 valence electrons. The number of piperidine rings is 2. The minimum absolute atomic E-state index is 0.0897. The van der Waals surface area contributed by atoms with Gasteiger partial charge in [0, 0.05) is 67.7 Å². The molecule has 0 saturated carbocycles. The van der Waals surface area contributed by atoms with Gasteiger partial charge in [0.25, 0.3) is 23.8 Å². The van der Waals surface area contributed by atoms with Crippen LogP contribution in [-0.2, 0) is 6.42 Å². The number of hydrogen-bond donors (Lipinski definition) is 2. The van der Waals surface area contributed by atoms with Crippen LogP contribution in [0.2, 0.25) is 0 Å². The second-order valence-corrected chi connectivity index (χ2v) is 18.0. The molecule has 2 saturated heterocycles. The number of carbonyl (C=O) groups excluding carboxylic acids is 2. The molecule has 2 aliphatic rings. The number of rotatable bonds is 12. The number of nitrogens with one attached hydrogen (secondary N) is 2. The Balaban J connectivity index is 0.956. The molecule has 6 heterocycles. The second-order valence-electron chi connectivity index (χ2n) is 18.0. The van der Waals surface area contributed by atoms with Gasteiger partial charge in [-0.2, -0.15) is 9.97 Å². The van der Waals surface area contributed by atoms with Crippen molar-refractivity contribution in [2.45, 2.75) is 65.0 Å². The highest BCUT2D eigenvalue weighted by atomic mass is 19.1. The second kappa shape index (κ2) is 19.1. The molecular weight excluding hydrogens is 886 g/mol. The van der Waals surface area contributed by atoms with Crippen molar-refractivity contribution in [3.05, 3.63) is 143 Å². The first-order chi connectivity index (χ1) is 33.5. The quantitative estimate of drug-likeness (QED) is 0.119. The van der Waals surface area contributed by atoms with E-state index in [1.807, 2.05) is 24.3 Å². The number of aryl methyl sites for hydroxylation is 2.